The molecule has 1 heterocycles. The summed E-state index contributed by atoms with van der Waals surface area (Å²) in [6.45, 7) is 1.41. The number of aliphatic carboxylic acids is 1. The van der Waals surface area contributed by atoms with Gasteiger partial charge in [-0.05, 0) is 7.05 Å². The molecule has 5 nitrogen and oxygen atoms in total. The molecule has 1 aliphatic heterocycles. The summed E-state index contributed by atoms with van der Waals surface area (Å²) in [5.41, 5.74) is 0. The summed E-state index contributed by atoms with van der Waals surface area (Å²) in [7, 11) is 3.47. The lowest BCUT2D eigenvalue weighted by molar-refractivity contribution is -0.147. The van der Waals surface area contributed by atoms with Crippen molar-refractivity contribution in [1.82, 2.24) is 9.80 Å². The van der Waals surface area contributed by atoms with Crippen molar-refractivity contribution >= 4 is 11.9 Å². The zero-order valence-electron chi connectivity index (χ0n) is 7.86. The van der Waals surface area contributed by atoms with Gasteiger partial charge in [0.05, 0.1) is 12.5 Å². The van der Waals surface area contributed by atoms with E-state index in [1.165, 1.54) is 0 Å². The van der Waals surface area contributed by atoms with Crippen molar-refractivity contribution < 1.29 is 14.7 Å². The molecule has 1 saturated heterocycles. The SMILES string of the molecule is CN1CCN(C)C(CC(=O)O)C1=O. The third-order valence-corrected chi connectivity index (χ3v) is 2.35. The van der Waals surface area contributed by atoms with E-state index in [1.54, 1.807) is 23.9 Å². The topological polar surface area (TPSA) is 60.9 Å². The molecule has 1 N–H and O–H groups in total. The van der Waals surface area contributed by atoms with Gasteiger partial charge in [0.25, 0.3) is 0 Å². The van der Waals surface area contributed by atoms with Gasteiger partial charge in [0.15, 0.2) is 0 Å². The second-order valence-electron chi connectivity index (χ2n) is 3.35. The molecule has 13 heavy (non-hydrogen) atoms. The Kier molecular flexibility index (Phi) is 2.87. The van der Waals surface area contributed by atoms with Gasteiger partial charge in [-0.2, -0.15) is 0 Å². The van der Waals surface area contributed by atoms with Crippen molar-refractivity contribution in [2.24, 2.45) is 0 Å². The first kappa shape index (κ1) is 9.98. The molecule has 1 unspecified atom stereocenters. The van der Waals surface area contributed by atoms with E-state index in [9.17, 15) is 9.59 Å². The number of carboxylic acids is 1. The molecule has 0 aromatic rings. The zero-order valence-corrected chi connectivity index (χ0v) is 7.86. The molecule has 5 heteroatoms. The molecule has 0 radical (unpaired) electrons. The number of carbonyl (C=O) groups excluding carboxylic acids is 1. The van der Waals surface area contributed by atoms with Gasteiger partial charge in [0.1, 0.15) is 0 Å². The largest absolute Gasteiger partial charge is 0.481 e. The molecule has 1 rings (SSSR count). The quantitative estimate of drug-likeness (QED) is 0.615. The van der Waals surface area contributed by atoms with Crippen molar-refractivity contribution in [1.29, 1.82) is 0 Å². The second-order valence-corrected chi connectivity index (χ2v) is 3.35. The molecule has 1 atom stereocenters. The van der Waals surface area contributed by atoms with Crippen molar-refractivity contribution in [3.8, 4) is 0 Å². The van der Waals surface area contributed by atoms with E-state index in [0.717, 1.165) is 6.54 Å². The molecule has 0 aromatic carbocycles. The molecule has 0 spiro atoms. The Morgan fingerprint density at radius 3 is 2.69 bits per heavy atom. The maximum Gasteiger partial charge on any atom is 0.305 e. The van der Waals surface area contributed by atoms with E-state index >= 15 is 0 Å². The van der Waals surface area contributed by atoms with Crippen LogP contribution in [0.1, 0.15) is 6.42 Å². The van der Waals surface area contributed by atoms with Crippen LogP contribution in [0.4, 0.5) is 0 Å². The van der Waals surface area contributed by atoms with E-state index in [4.69, 9.17) is 5.11 Å². The van der Waals surface area contributed by atoms with Crippen LogP contribution in [0.3, 0.4) is 0 Å². The highest BCUT2D eigenvalue weighted by molar-refractivity contribution is 5.86. The van der Waals surface area contributed by atoms with Crippen LogP contribution < -0.4 is 0 Å². The molecule has 0 saturated carbocycles. The van der Waals surface area contributed by atoms with Gasteiger partial charge in [-0.15, -0.1) is 0 Å². The van der Waals surface area contributed by atoms with E-state index in [0.29, 0.717) is 6.54 Å². The smallest absolute Gasteiger partial charge is 0.305 e. The van der Waals surface area contributed by atoms with Gasteiger partial charge in [0.2, 0.25) is 5.91 Å². The summed E-state index contributed by atoms with van der Waals surface area (Å²) in [6, 6.07) is -0.490. The fourth-order valence-electron chi connectivity index (χ4n) is 1.43. The zero-order chi connectivity index (χ0) is 10.0. The summed E-state index contributed by atoms with van der Waals surface area (Å²) in [6.07, 6.45) is -0.111. The number of amides is 1. The lowest BCUT2D eigenvalue weighted by Gasteiger charge is -2.35. The molecule has 0 aliphatic carbocycles. The van der Waals surface area contributed by atoms with E-state index < -0.39 is 12.0 Å². The minimum absolute atomic E-state index is 0.101. The van der Waals surface area contributed by atoms with Gasteiger partial charge in [-0.3, -0.25) is 14.5 Å². The number of likely N-dealkylation sites (N-methyl/N-ethyl adjacent to an activating group) is 2. The number of hydrogen-bond donors (Lipinski definition) is 1. The Morgan fingerprint density at radius 1 is 1.54 bits per heavy atom. The van der Waals surface area contributed by atoms with Crippen LogP contribution >= 0.6 is 0 Å². The van der Waals surface area contributed by atoms with Crippen LogP contribution in [0.25, 0.3) is 0 Å². The summed E-state index contributed by atoms with van der Waals surface area (Å²) in [4.78, 5) is 25.3. The van der Waals surface area contributed by atoms with Gasteiger partial charge < -0.3 is 10.0 Å². The van der Waals surface area contributed by atoms with E-state index in [2.05, 4.69) is 0 Å². The summed E-state index contributed by atoms with van der Waals surface area (Å²) >= 11 is 0. The van der Waals surface area contributed by atoms with Gasteiger partial charge in [0, 0.05) is 20.1 Å². The normalized spacial score (nSPS) is 24.9. The first-order chi connectivity index (χ1) is 6.02. The lowest BCUT2D eigenvalue weighted by Crippen LogP contribution is -2.54. The second kappa shape index (κ2) is 3.74. The fourth-order valence-corrected chi connectivity index (χ4v) is 1.43. The van der Waals surface area contributed by atoms with Crippen molar-refractivity contribution in [2.45, 2.75) is 12.5 Å². The molecule has 1 amide bonds. The van der Waals surface area contributed by atoms with Crippen LogP contribution in [0.15, 0.2) is 0 Å². The molecule has 1 aliphatic rings. The highest BCUT2D eigenvalue weighted by Crippen LogP contribution is 2.10. The third-order valence-electron chi connectivity index (χ3n) is 2.35. The standard InChI is InChI=1S/C8H14N2O3/c1-9-3-4-10(2)8(13)6(9)5-7(11)12/h6H,3-5H2,1-2H3,(H,11,12). The van der Waals surface area contributed by atoms with Crippen molar-refractivity contribution in [2.75, 3.05) is 27.2 Å². The van der Waals surface area contributed by atoms with Crippen LogP contribution in [0, 0.1) is 0 Å². The lowest BCUT2D eigenvalue weighted by atomic mass is 10.1. The number of carboxylic acid groups (broad SMARTS) is 1. The number of rotatable bonds is 2. The predicted molar refractivity (Wildman–Crippen MR) is 46.3 cm³/mol. The van der Waals surface area contributed by atoms with Crippen LogP contribution in [0.2, 0.25) is 0 Å². The average Bonchev–Trinajstić information content (AvgIpc) is 2.05. The first-order valence-corrected chi connectivity index (χ1v) is 4.19. The van der Waals surface area contributed by atoms with E-state index in [1.807, 2.05) is 0 Å². The number of hydrogen-bond acceptors (Lipinski definition) is 3. The molecule has 0 bridgehead atoms. The number of carbonyl (C=O) groups is 2. The Morgan fingerprint density at radius 2 is 2.15 bits per heavy atom. The van der Waals surface area contributed by atoms with Gasteiger partial charge in [-0.25, -0.2) is 0 Å². The molecule has 1 fully saturated rings. The Bertz CT molecular complexity index is 229. The maximum absolute atomic E-state index is 11.5. The van der Waals surface area contributed by atoms with Crippen LogP contribution in [-0.4, -0.2) is 60.0 Å². The Labute approximate surface area is 76.9 Å². The Hall–Kier alpha value is -1.10. The third kappa shape index (κ3) is 2.18. The van der Waals surface area contributed by atoms with E-state index in [-0.39, 0.29) is 12.3 Å². The average molecular weight is 186 g/mol. The number of piperazine rings is 1. The minimum atomic E-state index is -0.930. The minimum Gasteiger partial charge on any atom is -0.481 e. The predicted octanol–water partition coefficient (Wildman–Crippen LogP) is -0.766. The molecular weight excluding hydrogens is 172 g/mol. The van der Waals surface area contributed by atoms with Crippen LogP contribution in [0.5, 0.6) is 0 Å². The molecule has 0 aromatic heterocycles. The highest BCUT2D eigenvalue weighted by atomic mass is 16.4. The number of nitrogens with zero attached hydrogens (tertiary/aromatic N) is 2. The highest BCUT2D eigenvalue weighted by Gasteiger charge is 2.32. The Balaban J connectivity index is 2.66. The summed E-state index contributed by atoms with van der Waals surface area (Å²) in [5.74, 6) is -1.03. The molecule has 74 valence electrons. The van der Waals surface area contributed by atoms with Gasteiger partial charge >= 0.3 is 5.97 Å². The van der Waals surface area contributed by atoms with Gasteiger partial charge in [-0.1, -0.05) is 0 Å². The summed E-state index contributed by atoms with van der Waals surface area (Å²) < 4.78 is 0. The monoisotopic (exact) mass is 186 g/mol. The summed E-state index contributed by atoms with van der Waals surface area (Å²) in [5, 5.41) is 8.59. The van der Waals surface area contributed by atoms with Crippen molar-refractivity contribution in [3.05, 3.63) is 0 Å². The maximum atomic E-state index is 11.5. The van der Waals surface area contributed by atoms with Crippen LogP contribution in [-0.2, 0) is 9.59 Å². The first-order valence-electron chi connectivity index (χ1n) is 4.19. The fraction of sp³-hybridized carbons (Fsp3) is 0.750. The van der Waals surface area contributed by atoms with Crippen molar-refractivity contribution in [3.63, 3.8) is 0 Å². The molecular formula is C8H14N2O3.